The summed E-state index contributed by atoms with van der Waals surface area (Å²) in [5.74, 6) is -0.714. The Balaban J connectivity index is 1.71. The van der Waals surface area contributed by atoms with E-state index in [0.717, 1.165) is 12.0 Å². The summed E-state index contributed by atoms with van der Waals surface area (Å²) in [6.45, 7) is 5.98. The fourth-order valence-corrected chi connectivity index (χ4v) is 3.21. The highest BCUT2D eigenvalue weighted by atomic mass is 35.5. The zero-order valence-corrected chi connectivity index (χ0v) is 14.9. The molecular weight excluding hydrogens is 332 g/mol. The van der Waals surface area contributed by atoms with Gasteiger partial charge in [-0.15, -0.1) is 0 Å². The van der Waals surface area contributed by atoms with E-state index in [-0.39, 0.29) is 5.78 Å². The van der Waals surface area contributed by atoms with Crippen LogP contribution in [0, 0.1) is 0 Å². The minimum absolute atomic E-state index is 0.0259. The lowest BCUT2D eigenvalue weighted by molar-refractivity contribution is -0.218. The molecule has 2 heterocycles. The summed E-state index contributed by atoms with van der Waals surface area (Å²) in [7, 11) is 0. The molecule has 5 nitrogen and oxygen atoms in total. The molecule has 4 atom stereocenters. The van der Waals surface area contributed by atoms with E-state index in [1.54, 1.807) is 0 Å². The van der Waals surface area contributed by atoms with Gasteiger partial charge in [-0.1, -0.05) is 30.7 Å². The summed E-state index contributed by atoms with van der Waals surface area (Å²) in [5, 5.41) is 0.674. The van der Waals surface area contributed by atoms with Crippen molar-refractivity contribution in [2.45, 2.75) is 70.6 Å². The van der Waals surface area contributed by atoms with Crippen LogP contribution < -0.4 is 0 Å². The number of carbonyl (C=O) groups is 1. The molecule has 1 aromatic carbocycles. The lowest BCUT2D eigenvalue weighted by Crippen LogP contribution is -2.40. The first-order valence-electron chi connectivity index (χ1n) is 8.29. The summed E-state index contributed by atoms with van der Waals surface area (Å²) >= 11 is 5.90. The molecule has 2 aliphatic rings. The Morgan fingerprint density at radius 2 is 1.96 bits per heavy atom. The number of hydrogen-bond acceptors (Lipinski definition) is 5. The Hall–Kier alpha value is -0.980. The fourth-order valence-electron chi connectivity index (χ4n) is 3.08. The first kappa shape index (κ1) is 17.8. The highest BCUT2D eigenvalue weighted by molar-refractivity contribution is 6.30. The molecule has 1 aromatic rings. The molecule has 0 bridgehead atoms. The minimum atomic E-state index is -0.740. The van der Waals surface area contributed by atoms with Crippen molar-refractivity contribution >= 4 is 17.4 Å². The van der Waals surface area contributed by atoms with Crippen molar-refractivity contribution in [3.63, 3.8) is 0 Å². The normalized spacial score (nSPS) is 31.2. The van der Waals surface area contributed by atoms with Crippen molar-refractivity contribution in [2.24, 2.45) is 0 Å². The maximum Gasteiger partial charge on any atom is 0.190 e. The third-order valence-electron chi connectivity index (χ3n) is 4.16. The van der Waals surface area contributed by atoms with E-state index < -0.39 is 30.4 Å². The third kappa shape index (κ3) is 3.81. The van der Waals surface area contributed by atoms with E-state index in [4.69, 9.17) is 30.5 Å². The van der Waals surface area contributed by atoms with Crippen LogP contribution >= 0.6 is 11.6 Å². The summed E-state index contributed by atoms with van der Waals surface area (Å²) in [4.78, 5) is 12.4. The van der Waals surface area contributed by atoms with Crippen molar-refractivity contribution in [1.82, 2.24) is 0 Å². The average molecular weight is 355 g/mol. The maximum atomic E-state index is 12.4. The van der Waals surface area contributed by atoms with Crippen molar-refractivity contribution in [3.05, 3.63) is 34.9 Å². The van der Waals surface area contributed by atoms with Gasteiger partial charge in [0.05, 0.1) is 6.61 Å². The van der Waals surface area contributed by atoms with Gasteiger partial charge in [0, 0.05) is 11.4 Å². The van der Waals surface area contributed by atoms with Crippen LogP contribution in [0.15, 0.2) is 24.3 Å². The quantitative estimate of drug-likeness (QED) is 0.783. The Labute approximate surface area is 147 Å². The first-order chi connectivity index (χ1) is 11.4. The standard InChI is InChI=1S/C18H23ClO5/c1-4-5-13(20)14-15(16-17(22-14)24-18(2,3)23-16)21-10-11-6-8-12(19)9-7-11/h6-9,14-17H,4-5,10H2,1-3H3/t14-,15+,16-,17-/m1/s1. The van der Waals surface area contributed by atoms with Gasteiger partial charge in [0.25, 0.3) is 0 Å². The molecular formula is C18H23ClO5. The number of rotatable bonds is 6. The molecule has 2 aliphatic heterocycles. The molecule has 0 amide bonds. The monoisotopic (exact) mass is 354 g/mol. The van der Waals surface area contributed by atoms with Gasteiger partial charge in [-0.3, -0.25) is 4.79 Å². The third-order valence-corrected chi connectivity index (χ3v) is 4.41. The molecule has 2 saturated heterocycles. The van der Waals surface area contributed by atoms with Gasteiger partial charge in [0.2, 0.25) is 0 Å². The second-order valence-electron chi connectivity index (χ2n) is 6.64. The van der Waals surface area contributed by atoms with Crippen LogP contribution in [0.1, 0.15) is 39.2 Å². The van der Waals surface area contributed by atoms with E-state index in [1.165, 1.54) is 0 Å². The molecule has 0 saturated carbocycles. The lowest BCUT2D eigenvalue weighted by atomic mass is 10.0. The van der Waals surface area contributed by atoms with Gasteiger partial charge in [-0.2, -0.15) is 0 Å². The Kier molecular flexibility index (Phi) is 5.27. The summed E-state index contributed by atoms with van der Waals surface area (Å²) in [6, 6.07) is 7.42. The second kappa shape index (κ2) is 7.10. The van der Waals surface area contributed by atoms with Crippen LogP contribution in [0.25, 0.3) is 0 Å². The minimum Gasteiger partial charge on any atom is -0.367 e. The van der Waals surface area contributed by atoms with Crippen LogP contribution in [0.2, 0.25) is 5.02 Å². The molecule has 3 rings (SSSR count). The van der Waals surface area contributed by atoms with Gasteiger partial charge in [-0.25, -0.2) is 0 Å². The lowest BCUT2D eigenvalue weighted by Gasteiger charge is -2.25. The predicted octanol–water partition coefficient (Wildman–Crippen LogP) is 3.47. The molecule has 132 valence electrons. The number of fused-ring (bicyclic) bond motifs is 1. The molecule has 0 N–H and O–H groups in total. The van der Waals surface area contributed by atoms with Gasteiger partial charge in [-0.05, 0) is 38.0 Å². The zero-order valence-electron chi connectivity index (χ0n) is 14.2. The summed E-state index contributed by atoms with van der Waals surface area (Å²) in [5.41, 5.74) is 0.975. The molecule has 0 unspecified atom stereocenters. The SMILES string of the molecule is CCCC(=O)[C@H]1O[C@@H]2OC(C)(C)O[C@@H]2[C@H]1OCc1ccc(Cl)cc1. The Morgan fingerprint density at radius 1 is 1.25 bits per heavy atom. The van der Waals surface area contributed by atoms with E-state index in [1.807, 2.05) is 45.0 Å². The van der Waals surface area contributed by atoms with E-state index in [0.29, 0.717) is 18.1 Å². The molecule has 24 heavy (non-hydrogen) atoms. The number of Topliss-reactive ketones (excluding diaryl/α,β-unsaturated/α-hetero) is 1. The van der Waals surface area contributed by atoms with Crippen LogP contribution in [0.3, 0.4) is 0 Å². The highest BCUT2D eigenvalue weighted by Crippen LogP contribution is 2.39. The van der Waals surface area contributed by atoms with Gasteiger partial charge in [0.15, 0.2) is 17.9 Å². The number of halogens is 1. The zero-order chi connectivity index (χ0) is 17.3. The molecule has 2 fully saturated rings. The van der Waals surface area contributed by atoms with Crippen LogP contribution in [-0.2, 0) is 30.3 Å². The molecule has 0 radical (unpaired) electrons. The van der Waals surface area contributed by atoms with Gasteiger partial charge >= 0.3 is 0 Å². The molecule has 6 heteroatoms. The summed E-state index contributed by atoms with van der Waals surface area (Å²) in [6.07, 6.45) is -0.881. The number of ketones is 1. The van der Waals surface area contributed by atoms with Crippen molar-refractivity contribution in [3.8, 4) is 0 Å². The van der Waals surface area contributed by atoms with E-state index in [9.17, 15) is 4.79 Å². The van der Waals surface area contributed by atoms with Crippen molar-refractivity contribution in [2.75, 3.05) is 0 Å². The van der Waals surface area contributed by atoms with Crippen molar-refractivity contribution < 1.29 is 23.7 Å². The molecule has 0 aliphatic carbocycles. The van der Waals surface area contributed by atoms with Crippen LogP contribution in [0.4, 0.5) is 0 Å². The Morgan fingerprint density at radius 3 is 2.62 bits per heavy atom. The van der Waals surface area contributed by atoms with E-state index in [2.05, 4.69) is 0 Å². The van der Waals surface area contributed by atoms with Gasteiger partial charge in [0.1, 0.15) is 18.3 Å². The van der Waals surface area contributed by atoms with Crippen LogP contribution in [0.5, 0.6) is 0 Å². The molecule has 0 aromatic heterocycles. The number of ether oxygens (including phenoxy) is 4. The smallest absolute Gasteiger partial charge is 0.190 e. The average Bonchev–Trinajstić information content (AvgIpc) is 2.99. The Bertz CT molecular complexity index is 586. The van der Waals surface area contributed by atoms with E-state index >= 15 is 0 Å². The predicted molar refractivity (Wildman–Crippen MR) is 88.6 cm³/mol. The number of hydrogen-bond donors (Lipinski definition) is 0. The first-order valence-corrected chi connectivity index (χ1v) is 8.67. The maximum absolute atomic E-state index is 12.4. The largest absolute Gasteiger partial charge is 0.367 e. The van der Waals surface area contributed by atoms with Gasteiger partial charge < -0.3 is 18.9 Å². The van der Waals surface area contributed by atoms with Crippen LogP contribution in [-0.4, -0.2) is 36.2 Å². The number of carbonyl (C=O) groups excluding carboxylic acids is 1. The summed E-state index contributed by atoms with van der Waals surface area (Å²) < 4.78 is 23.5. The molecule has 0 spiro atoms. The topological polar surface area (TPSA) is 54.0 Å². The highest BCUT2D eigenvalue weighted by Gasteiger charge is 2.57. The number of benzene rings is 1. The second-order valence-corrected chi connectivity index (χ2v) is 7.08. The fraction of sp³-hybridized carbons (Fsp3) is 0.611. The van der Waals surface area contributed by atoms with Crippen molar-refractivity contribution in [1.29, 1.82) is 0 Å².